The van der Waals surface area contributed by atoms with Gasteiger partial charge in [-0.1, -0.05) is 29.8 Å². The van der Waals surface area contributed by atoms with Crippen LogP contribution >= 0.6 is 0 Å². The molecule has 0 aliphatic rings. The Morgan fingerprint density at radius 2 is 1.47 bits per heavy atom. The lowest BCUT2D eigenvalue weighted by atomic mass is 10.2. The van der Waals surface area contributed by atoms with E-state index >= 15 is 0 Å². The molecule has 7 heteroatoms. The number of hydrogen-bond donors (Lipinski definition) is 2. The molecular formula is C23H22N2O4S. The monoisotopic (exact) mass is 422 g/mol. The van der Waals surface area contributed by atoms with E-state index < -0.39 is 10.0 Å². The molecule has 0 fully saturated rings. The molecule has 0 atom stereocenters. The first-order chi connectivity index (χ1) is 14.4. The van der Waals surface area contributed by atoms with Crippen LogP contribution < -0.4 is 14.8 Å². The summed E-state index contributed by atoms with van der Waals surface area (Å²) < 4.78 is 32.6. The van der Waals surface area contributed by atoms with E-state index in [2.05, 4.69) is 10.0 Å². The molecule has 3 rings (SSSR count). The number of carbonyl (C=O) groups is 1. The van der Waals surface area contributed by atoms with Gasteiger partial charge in [-0.3, -0.25) is 9.52 Å². The summed E-state index contributed by atoms with van der Waals surface area (Å²) in [6.07, 6.45) is 3.09. The third-order valence-corrected chi connectivity index (χ3v) is 5.68. The van der Waals surface area contributed by atoms with E-state index in [-0.39, 0.29) is 10.8 Å². The van der Waals surface area contributed by atoms with Crippen LogP contribution in [0.15, 0.2) is 83.8 Å². The van der Waals surface area contributed by atoms with Gasteiger partial charge in [0.1, 0.15) is 5.75 Å². The first-order valence-electron chi connectivity index (χ1n) is 9.18. The van der Waals surface area contributed by atoms with Gasteiger partial charge in [-0.25, -0.2) is 8.42 Å². The Kier molecular flexibility index (Phi) is 6.54. The fourth-order valence-electron chi connectivity index (χ4n) is 2.62. The summed E-state index contributed by atoms with van der Waals surface area (Å²) in [6.45, 7) is 1.93. The number of amides is 1. The number of aryl methyl sites for hydroxylation is 1. The maximum atomic E-state index is 12.5. The molecule has 154 valence electrons. The maximum Gasteiger partial charge on any atom is 0.261 e. The number of carbonyl (C=O) groups excluding carboxylic acids is 1. The highest BCUT2D eigenvalue weighted by Crippen LogP contribution is 2.19. The molecule has 0 spiro atoms. The van der Waals surface area contributed by atoms with Crippen molar-refractivity contribution in [2.75, 3.05) is 17.1 Å². The van der Waals surface area contributed by atoms with Gasteiger partial charge in [-0.2, -0.15) is 0 Å². The molecule has 0 saturated heterocycles. The Balaban J connectivity index is 1.62. The van der Waals surface area contributed by atoms with Crippen LogP contribution in [0.4, 0.5) is 11.4 Å². The number of rotatable bonds is 7. The smallest absolute Gasteiger partial charge is 0.261 e. The maximum absolute atomic E-state index is 12.5. The number of ether oxygens (including phenoxy) is 1. The highest BCUT2D eigenvalue weighted by molar-refractivity contribution is 7.92. The minimum absolute atomic E-state index is 0.106. The third kappa shape index (κ3) is 5.71. The van der Waals surface area contributed by atoms with Crippen LogP contribution in [-0.2, 0) is 14.8 Å². The Bertz CT molecular complexity index is 1140. The fourth-order valence-corrected chi connectivity index (χ4v) is 3.68. The van der Waals surface area contributed by atoms with Crippen molar-refractivity contribution in [3.05, 3.63) is 90.0 Å². The molecule has 0 radical (unpaired) electrons. The van der Waals surface area contributed by atoms with Gasteiger partial charge in [0.2, 0.25) is 5.91 Å². The Labute approximate surface area is 176 Å². The molecule has 0 unspecified atom stereocenters. The lowest BCUT2D eigenvalue weighted by Gasteiger charge is -2.09. The second kappa shape index (κ2) is 9.28. The van der Waals surface area contributed by atoms with E-state index in [4.69, 9.17) is 4.74 Å². The minimum Gasteiger partial charge on any atom is -0.497 e. The molecule has 0 aliphatic heterocycles. The first-order valence-corrected chi connectivity index (χ1v) is 10.7. The standard InChI is InChI=1S/C23H22N2O4S/c1-17-3-8-20(9-4-17)25-30(27,28)22-14-10-19(11-15-22)24-23(26)16-7-18-5-12-21(29-2)13-6-18/h3-16,25H,1-2H3,(H,24,26)/b16-7+. The molecule has 0 bridgehead atoms. The summed E-state index contributed by atoms with van der Waals surface area (Å²) in [5.41, 5.74) is 2.88. The van der Waals surface area contributed by atoms with Gasteiger partial charge in [-0.15, -0.1) is 0 Å². The number of benzene rings is 3. The van der Waals surface area contributed by atoms with Crippen molar-refractivity contribution >= 4 is 33.4 Å². The number of hydrogen-bond acceptors (Lipinski definition) is 4. The van der Waals surface area contributed by atoms with E-state index in [1.165, 1.54) is 18.2 Å². The molecule has 30 heavy (non-hydrogen) atoms. The van der Waals surface area contributed by atoms with Crippen LogP contribution in [0.25, 0.3) is 6.08 Å². The van der Waals surface area contributed by atoms with Crippen LogP contribution in [-0.4, -0.2) is 21.4 Å². The van der Waals surface area contributed by atoms with Crippen LogP contribution in [0, 0.1) is 6.92 Å². The predicted molar refractivity (Wildman–Crippen MR) is 119 cm³/mol. The van der Waals surface area contributed by atoms with E-state index in [1.807, 2.05) is 31.2 Å². The lowest BCUT2D eigenvalue weighted by molar-refractivity contribution is -0.111. The van der Waals surface area contributed by atoms with Gasteiger partial charge < -0.3 is 10.1 Å². The lowest BCUT2D eigenvalue weighted by Crippen LogP contribution is -2.13. The van der Waals surface area contributed by atoms with Crippen molar-refractivity contribution in [1.29, 1.82) is 0 Å². The number of sulfonamides is 1. The van der Waals surface area contributed by atoms with E-state index in [0.717, 1.165) is 16.9 Å². The number of anilines is 2. The second-order valence-electron chi connectivity index (χ2n) is 6.59. The van der Waals surface area contributed by atoms with E-state index in [0.29, 0.717) is 11.4 Å². The van der Waals surface area contributed by atoms with Gasteiger partial charge in [0.05, 0.1) is 12.0 Å². The summed E-state index contributed by atoms with van der Waals surface area (Å²) >= 11 is 0. The Morgan fingerprint density at radius 3 is 2.07 bits per heavy atom. The molecule has 1 amide bonds. The summed E-state index contributed by atoms with van der Waals surface area (Å²) in [6, 6.07) is 20.3. The quantitative estimate of drug-likeness (QED) is 0.551. The fraction of sp³-hybridized carbons (Fsp3) is 0.0870. The first kappa shape index (κ1) is 21.1. The molecule has 0 aliphatic carbocycles. The SMILES string of the molecule is COc1ccc(/C=C/C(=O)Nc2ccc(S(=O)(=O)Nc3ccc(C)cc3)cc2)cc1. The number of nitrogens with one attached hydrogen (secondary N) is 2. The highest BCUT2D eigenvalue weighted by Gasteiger charge is 2.14. The summed E-state index contributed by atoms with van der Waals surface area (Å²) in [4.78, 5) is 12.2. The molecule has 2 N–H and O–H groups in total. The topological polar surface area (TPSA) is 84.5 Å². The number of methoxy groups -OCH3 is 1. The van der Waals surface area contributed by atoms with Crippen LogP contribution in [0.3, 0.4) is 0 Å². The minimum atomic E-state index is -3.71. The van der Waals surface area contributed by atoms with E-state index in [1.54, 1.807) is 49.6 Å². The average Bonchev–Trinajstić information content (AvgIpc) is 2.74. The Hall–Kier alpha value is -3.58. The van der Waals surface area contributed by atoms with Gasteiger partial charge in [0.25, 0.3) is 10.0 Å². The molecule has 0 aromatic heterocycles. The van der Waals surface area contributed by atoms with Gasteiger partial charge in [-0.05, 0) is 67.1 Å². The van der Waals surface area contributed by atoms with Gasteiger partial charge >= 0.3 is 0 Å². The Morgan fingerprint density at radius 1 is 0.867 bits per heavy atom. The molecule has 3 aromatic carbocycles. The van der Waals surface area contributed by atoms with Crippen molar-refractivity contribution in [3.8, 4) is 5.75 Å². The molecule has 3 aromatic rings. The van der Waals surface area contributed by atoms with Gasteiger partial charge in [0.15, 0.2) is 0 Å². The highest BCUT2D eigenvalue weighted by atomic mass is 32.2. The van der Waals surface area contributed by atoms with Crippen LogP contribution in [0.1, 0.15) is 11.1 Å². The van der Waals surface area contributed by atoms with Crippen molar-refractivity contribution in [1.82, 2.24) is 0 Å². The average molecular weight is 423 g/mol. The summed E-state index contributed by atoms with van der Waals surface area (Å²) in [5, 5.41) is 2.70. The zero-order chi connectivity index (χ0) is 21.6. The molecule has 6 nitrogen and oxygen atoms in total. The van der Waals surface area contributed by atoms with Crippen LogP contribution in [0.2, 0.25) is 0 Å². The normalized spacial score (nSPS) is 11.3. The predicted octanol–water partition coefficient (Wildman–Crippen LogP) is 4.46. The van der Waals surface area contributed by atoms with Crippen molar-refractivity contribution < 1.29 is 17.9 Å². The molecular weight excluding hydrogens is 400 g/mol. The van der Waals surface area contributed by atoms with Crippen LogP contribution in [0.5, 0.6) is 5.75 Å². The molecule has 0 saturated carbocycles. The largest absolute Gasteiger partial charge is 0.497 e. The van der Waals surface area contributed by atoms with Crippen molar-refractivity contribution in [2.45, 2.75) is 11.8 Å². The zero-order valence-corrected chi connectivity index (χ0v) is 17.4. The van der Waals surface area contributed by atoms with E-state index in [9.17, 15) is 13.2 Å². The summed E-state index contributed by atoms with van der Waals surface area (Å²) in [7, 11) is -2.12. The summed E-state index contributed by atoms with van der Waals surface area (Å²) in [5.74, 6) is 0.419. The third-order valence-electron chi connectivity index (χ3n) is 4.28. The second-order valence-corrected chi connectivity index (χ2v) is 8.27. The van der Waals surface area contributed by atoms with Crippen molar-refractivity contribution in [3.63, 3.8) is 0 Å². The van der Waals surface area contributed by atoms with Gasteiger partial charge in [0, 0.05) is 17.5 Å². The zero-order valence-electron chi connectivity index (χ0n) is 16.6. The van der Waals surface area contributed by atoms with Crippen molar-refractivity contribution in [2.24, 2.45) is 0 Å². The molecule has 0 heterocycles.